The summed E-state index contributed by atoms with van der Waals surface area (Å²) in [6.45, 7) is 2.16. The van der Waals surface area contributed by atoms with Crippen molar-refractivity contribution in [1.29, 1.82) is 0 Å². The fraction of sp³-hybridized carbons (Fsp3) is 0.400. The van der Waals surface area contributed by atoms with Crippen LogP contribution in [0.5, 0.6) is 5.75 Å². The Kier molecular flexibility index (Phi) is 3.65. The summed E-state index contributed by atoms with van der Waals surface area (Å²) in [5, 5.41) is 0. The van der Waals surface area contributed by atoms with Crippen LogP contribution < -0.4 is 3.79 Å². The summed E-state index contributed by atoms with van der Waals surface area (Å²) in [7, 11) is 0. The summed E-state index contributed by atoms with van der Waals surface area (Å²) < 4.78 is 5.78. The highest BCUT2D eigenvalue weighted by molar-refractivity contribution is 6.49. The lowest BCUT2D eigenvalue weighted by Gasteiger charge is -2.12. The van der Waals surface area contributed by atoms with Crippen LogP contribution in [0, 0.1) is 0 Å². The summed E-state index contributed by atoms with van der Waals surface area (Å²) >= 11 is -0.939. The zero-order valence-electron chi connectivity index (χ0n) is 8.00. The van der Waals surface area contributed by atoms with Crippen LogP contribution in [-0.4, -0.2) is 14.5 Å². The molecule has 0 N–H and O–H groups in total. The monoisotopic (exact) mass is 178 g/mol. The van der Waals surface area contributed by atoms with Crippen molar-refractivity contribution in [2.24, 2.45) is 0 Å². The minimum absolute atomic E-state index is 0.939. The molecule has 0 aliphatic heterocycles. The predicted molar refractivity (Wildman–Crippen MR) is 53.9 cm³/mol. The molecule has 0 radical (unpaired) electrons. The predicted octanol–water partition coefficient (Wildman–Crippen LogP) is 2.88. The Balaban J connectivity index is 2.82. The fourth-order valence-electron chi connectivity index (χ4n) is 1.16. The van der Waals surface area contributed by atoms with Crippen molar-refractivity contribution in [1.82, 2.24) is 0 Å². The van der Waals surface area contributed by atoms with Gasteiger partial charge in [-0.3, -0.25) is 0 Å². The van der Waals surface area contributed by atoms with E-state index in [9.17, 15) is 0 Å². The van der Waals surface area contributed by atoms with Gasteiger partial charge in [-0.05, 0) is 18.1 Å². The van der Waals surface area contributed by atoms with Crippen molar-refractivity contribution in [3.63, 3.8) is 0 Å². The van der Waals surface area contributed by atoms with Gasteiger partial charge in [0.25, 0.3) is 0 Å². The molecule has 64 valence electrons. The van der Waals surface area contributed by atoms with E-state index in [1.54, 1.807) is 0 Å². The molecule has 0 aromatic heterocycles. The summed E-state index contributed by atoms with van der Waals surface area (Å²) in [5.41, 5.74) is 1.32. The number of hydrogen-bond acceptors (Lipinski definition) is 1. The molecular weight excluding hydrogens is 163 g/mol. The van der Waals surface area contributed by atoms with E-state index in [1.165, 1.54) is 5.56 Å². The largest absolute Gasteiger partial charge is 0.643 e. The van der Waals surface area contributed by atoms with E-state index in [4.69, 9.17) is 3.79 Å². The quantitative estimate of drug-likeness (QED) is 0.647. The Morgan fingerprint density at radius 3 is 2.50 bits per heavy atom. The van der Waals surface area contributed by atoms with E-state index in [-0.39, 0.29) is 0 Å². The van der Waals surface area contributed by atoms with E-state index in [0.717, 1.165) is 12.2 Å². The second-order valence-corrected chi connectivity index (χ2v) is 5.46. The molecule has 0 saturated heterocycles. The van der Waals surface area contributed by atoms with Crippen LogP contribution in [0.15, 0.2) is 24.3 Å². The molecule has 0 aliphatic rings. The van der Waals surface area contributed by atoms with Crippen molar-refractivity contribution >= 4 is 14.5 Å². The fourth-order valence-corrected chi connectivity index (χ4v) is 1.90. The minimum atomic E-state index is -0.939. The first-order valence-electron chi connectivity index (χ1n) is 4.48. The van der Waals surface area contributed by atoms with Gasteiger partial charge in [0.15, 0.2) is 0 Å². The highest BCUT2D eigenvalue weighted by Gasteiger charge is 2.08. The molecule has 0 spiro atoms. The first-order chi connectivity index (χ1) is 5.74. The highest BCUT2D eigenvalue weighted by atomic mass is 27.2. The smallest absolute Gasteiger partial charge is 0.540 e. The summed E-state index contributed by atoms with van der Waals surface area (Å²) in [4.78, 5) is 0. The Morgan fingerprint density at radius 1 is 1.25 bits per heavy atom. The molecule has 1 rings (SSSR count). The zero-order valence-corrected chi connectivity index (χ0v) is 9.16. The van der Waals surface area contributed by atoms with Crippen LogP contribution >= 0.6 is 0 Å². The van der Waals surface area contributed by atoms with Gasteiger partial charge in [-0.1, -0.05) is 36.7 Å². The molecular formula is C10H15AlO. The molecule has 0 atom stereocenters. The Morgan fingerprint density at radius 2 is 1.92 bits per heavy atom. The molecule has 0 saturated carbocycles. The van der Waals surface area contributed by atoms with Gasteiger partial charge >= 0.3 is 14.5 Å². The van der Waals surface area contributed by atoms with Crippen LogP contribution in [0.3, 0.4) is 0 Å². The van der Waals surface area contributed by atoms with E-state index in [1.807, 2.05) is 6.07 Å². The maximum absolute atomic E-state index is 5.78. The maximum atomic E-state index is 5.78. The van der Waals surface area contributed by atoms with E-state index >= 15 is 0 Å². The molecule has 2 heteroatoms. The Bertz CT molecular complexity index is 245. The van der Waals surface area contributed by atoms with Gasteiger partial charge in [-0.25, -0.2) is 0 Å². The van der Waals surface area contributed by atoms with Crippen LogP contribution in [-0.2, 0) is 6.42 Å². The topological polar surface area (TPSA) is 9.23 Å². The van der Waals surface area contributed by atoms with Crippen molar-refractivity contribution in [2.75, 3.05) is 0 Å². The van der Waals surface area contributed by atoms with Gasteiger partial charge in [0.1, 0.15) is 0 Å². The molecule has 1 aromatic carbocycles. The molecule has 0 fully saturated rings. The van der Waals surface area contributed by atoms with Crippen molar-refractivity contribution < 1.29 is 3.79 Å². The first-order valence-corrected chi connectivity index (χ1v) is 7.26. The Labute approximate surface area is 79.1 Å². The number of aryl methyl sites for hydroxylation is 1. The normalized spacial score (nSPS) is 9.58. The third-order valence-corrected chi connectivity index (χ3v) is 2.44. The molecule has 0 unspecified atom stereocenters. The SMILES string of the molecule is CCc1ccccc1[O][Al]([CH3])[CH3]. The van der Waals surface area contributed by atoms with Crippen LogP contribution in [0.2, 0.25) is 11.6 Å². The zero-order chi connectivity index (χ0) is 8.97. The van der Waals surface area contributed by atoms with Gasteiger partial charge in [0.05, 0.1) is 5.75 Å². The lowest BCUT2D eigenvalue weighted by Crippen LogP contribution is -2.12. The van der Waals surface area contributed by atoms with Gasteiger partial charge in [0, 0.05) is 0 Å². The number of rotatable bonds is 3. The molecule has 0 heterocycles. The maximum Gasteiger partial charge on any atom is 0.540 e. The van der Waals surface area contributed by atoms with E-state index in [0.29, 0.717) is 0 Å². The average molecular weight is 178 g/mol. The van der Waals surface area contributed by atoms with Gasteiger partial charge in [0.2, 0.25) is 0 Å². The third kappa shape index (κ3) is 2.55. The Hall–Kier alpha value is -0.448. The van der Waals surface area contributed by atoms with Gasteiger partial charge in [-0.15, -0.1) is 0 Å². The van der Waals surface area contributed by atoms with Crippen molar-refractivity contribution in [2.45, 2.75) is 24.9 Å². The number of hydrogen-bond donors (Lipinski definition) is 0. The molecule has 1 aromatic rings. The molecule has 0 bridgehead atoms. The van der Waals surface area contributed by atoms with E-state index < -0.39 is 14.5 Å². The van der Waals surface area contributed by atoms with Crippen LogP contribution in [0.1, 0.15) is 12.5 Å². The van der Waals surface area contributed by atoms with Crippen LogP contribution in [0.25, 0.3) is 0 Å². The van der Waals surface area contributed by atoms with Crippen LogP contribution in [0.4, 0.5) is 0 Å². The molecule has 1 nitrogen and oxygen atoms in total. The van der Waals surface area contributed by atoms with Crippen molar-refractivity contribution in [3.05, 3.63) is 29.8 Å². The summed E-state index contributed by atoms with van der Waals surface area (Å²) in [6.07, 6.45) is 1.05. The second-order valence-electron chi connectivity index (χ2n) is 3.13. The standard InChI is InChI=1S/C8H10O.2CH3.Al/c1-2-7-5-3-4-6-8(7)9;;;/h3-6,9H,2H2,1H3;2*1H3;/q;;;+1/p-1. The second kappa shape index (κ2) is 4.55. The first kappa shape index (κ1) is 9.64. The summed E-state index contributed by atoms with van der Waals surface area (Å²) in [5.74, 6) is 5.46. The molecule has 0 aliphatic carbocycles. The number of benzene rings is 1. The van der Waals surface area contributed by atoms with Gasteiger partial charge in [-0.2, -0.15) is 0 Å². The lowest BCUT2D eigenvalue weighted by molar-refractivity contribution is 0.572. The number of para-hydroxylation sites is 1. The highest BCUT2D eigenvalue weighted by Crippen LogP contribution is 2.18. The van der Waals surface area contributed by atoms with Crippen molar-refractivity contribution in [3.8, 4) is 5.75 Å². The molecule has 0 amide bonds. The molecule has 12 heavy (non-hydrogen) atoms. The van der Waals surface area contributed by atoms with E-state index in [2.05, 4.69) is 36.7 Å². The third-order valence-electron chi connectivity index (χ3n) is 1.72. The average Bonchev–Trinajstić information content (AvgIpc) is 2.04. The summed E-state index contributed by atoms with van der Waals surface area (Å²) in [6, 6.07) is 8.29. The minimum Gasteiger partial charge on any atom is -0.643 e. The van der Waals surface area contributed by atoms with Gasteiger partial charge < -0.3 is 3.79 Å². The lowest BCUT2D eigenvalue weighted by atomic mass is 10.1.